The summed E-state index contributed by atoms with van der Waals surface area (Å²) in [6, 6.07) is -0.714. The molecule has 0 aliphatic heterocycles. The first-order chi connectivity index (χ1) is 30.0. The normalized spacial score (nSPS) is 13.6. The minimum Gasteiger partial charge on any atom is -0.462 e. The van der Waals surface area contributed by atoms with Crippen LogP contribution in [0.1, 0.15) is 265 Å². The van der Waals surface area contributed by atoms with Gasteiger partial charge in [0.05, 0.1) is 25.2 Å². The fourth-order valence-electron chi connectivity index (χ4n) is 7.96. The predicted octanol–water partition coefficient (Wildman–Crippen LogP) is 15.8. The van der Waals surface area contributed by atoms with E-state index in [0.29, 0.717) is 19.3 Å². The van der Waals surface area contributed by atoms with Gasteiger partial charge in [0.1, 0.15) is 6.10 Å². The molecule has 0 aromatic rings. The molecule has 0 saturated carbocycles. The molecule has 6 nitrogen and oxygen atoms in total. The Labute approximate surface area is 378 Å². The van der Waals surface area contributed by atoms with Crippen molar-refractivity contribution in [3.8, 4) is 0 Å². The monoisotopic (exact) mass is 856 g/mol. The number of unbranched alkanes of at least 4 members (excludes halogenated alkanes) is 29. The van der Waals surface area contributed by atoms with Crippen molar-refractivity contribution < 1.29 is 24.5 Å². The highest BCUT2D eigenvalue weighted by Crippen LogP contribution is 2.17. The summed E-state index contributed by atoms with van der Waals surface area (Å²) in [5.41, 5.74) is 0. The Kier molecular flexibility index (Phi) is 47.1. The zero-order valence-electron chi connectivity index (χ0n) is 40.5. The third-order valence-electron chi connectivity index (χ3n) is 12.0. The van der Waals surface area contributed by atoms with E-state index in [2.05, 4.69) is 74.7 Å². The van der Waals surface area contributed by atoms with Crippen molar-refractivity contribution in [2.45, 2.75) is 283 Å². The lowest BCUT2D eigenvalue weighted by Crippen LogP contribution is -2.46. The summed E-state index contributed by atoms with van der Waals surface area (Å²) in [6.07, 6.45) is 58.9. The van der Waals surface area contributed by atoms with Gasteiger partial charge in [-0.2, -0.15) is 0 Å². The summed E-state index contributed by atoms with van der Waals surface area (Å²) < 4.78 is 5.90. The third-order valence-corrected chi connectivity index (χ3v) is 12.0. The minimum atomic E-state index is -0.798. The lowest BCUT2D eigenvalue weighted by molar-refractivity contribution is -0.151. The quantitative estimate of drug-likeness (QED) is 0.0245. The molecule has 0 aromatic heterocycles. The van der Waals surface area contributed by atoms with Crippen LogP contribution >= 0.6 is 0 Å². The topological polar surface area (TPSA) is 95.9 Å². The van der Waals surface area contributed by atoms with Crippen LogP contribution in [0.3, 0.4) is 0 Å². The number of ether oxygens (including phenoxy) is 1. The molecule has 0 fully saturated rings. The van der Waals surface area contributed by atoms with Crippen LogP contribution in [0, 0.1) is 0 Å². The highest BCUT2D eigenvalue weighted by Gasteiger charge is 2.24. The van der Waals surface area contributed by atoms with Crippen LogP contribution in [-0.2, 0) is 14.3 Å². The van der Waals surface area contributed by atoms with E-state index in [9.17, 15) is 19.8 Å². The molecule has 356 valence electrons. The van der Waals surface area contributed by atoms with Crippen LogP contribution < -0.4 is 5.32 Å². The molecule has 0 aromatic carbocycles. The maximum Gasteiger partial charge on any atom is 0.306 e. The van der Waals surface area contributed by atoms with Crippen molar-refractivity contribution in [2.75, 3.05) is 6.61 Å². The summed E-state index contributed by atoms with van der Waals surface area (Å²) >= 11 is 0. The molecule has 0 bridgehead atoms. The summed E-state index contributed by atoms with van der Waals surface area (Å²) in [4.78, 5) is 26.1. The standard InChI is InChI=1S/C55H101NO5/c1-4-7-10-13-16-19-22-25-26-27-28-30-32-35-38-41-44-47-53(58)52(50-57)56-54(59)49-51(46-43-40-37-34-31-24-21-18-15-12-9-6-3)61-55(60)48-45-42-39-36-33-29-23-20-17-14-11-8-5-2/h8,11,14,17,20,23,34,37,51-53,57-58H,4-7,9-10,12-13,15-16,18-19,21-22,24-33,35-36,38-50H2,1-3H3,(H,56,59)/b11-8+,17-14+,23-20-,37-34-. The van der Waals surface area contributed by atoms with Crippen LogP contribution in [0.15, 0.2) is 48.6 Å². The molecule has 1 amide bonds. The second-order valence-corrected chi connectivity index (χ2v) is 18.0. The van der Waals surface area contributed by atoms with Gasteiger partial charge in [-0.3, -0.25) is 9.59 Å². The summed E-state index contributed by atoms with van der Waals surface area (Å²) in [7, 11) is 0. The lowest BCUT2D eigenvalue weighted by Gasteiger charge is -2.24. The molecule has 3 N–H and O–H groups in total. The fourth-order valence-corrected chi connectivity index (χ4v) is 7.96. The number of hydrogen-bond acceptors (Lipinski definition) is 5. The van der Waals surface area contributed by atoms with E-state index < -0.39 is 18.2 Å². The molecule has 0 aliphatic rings. The van der Waals surface area contributed by atoms with E-state index in [1.807, 2.05) is 0 Å². The first-order valence-corrected chi connectivity index (χ1v) is 26.4. The Morgan fingerprint density at radius 2 is 0.918 bits per heavy atom. The van der Waals surface area contributed by atoms with E-state index in [1.54, 1.807) is 0 Å². The second-order valence-electron chi connectivity index (χ2n) is 18.0. The van der Waals surface area contributed by atoms with Gasteiger partial charge < -0.3 is 20.3 Å². The van der Waals surface area contributed by atoms with Gasteiger partial charge in [-0.1, -0.05) is 236 Å². The zero-order chi connectivity index (χ0) is 44.5. The van der Waals surface area contributed by atoms with Gasteiger partial charge in [-0.15, -0.1) is 0 Å². The number of aliphatic hydroxyl groups excluding tert-OH is 2. The molecule has 0 saturated heterocycles. The van der Waals surface area contributed by atoms with Crippen molar-refractivity contribution in [2.24, 2.45) is 0 Å². The van der Waals surface area contributed by atoms with Gasteiger partial charge in [0, 0.05) is 6.42 Å². The van der Waals surface area contributed by atoms with Gasteiger partial charge in [-0.25, -0.2) is 0 Å². The number of hydrogen-bond donors (Lipinski definition) is 3. The van der Waals surface area contributed by atoms with E-state index in [4.69, 9.17) is 4.74 Å². The van der Waals surface area contributed by atoms with Gasteiger partial charge in [-0.05, 0) is 64.2 Å². The Morgan fingerprint density at radius 3 is 1.41 bits per heavy atom. The van der Waals surface area contributed by atoms with E-state index in [-0.39, 0.29) is 24.9 Å². The average Bonchev–Trinajstić information content (AvgIpc) is 3.25. The van der Waals surface area contributed by atoms with Crippen LogP contribution in [0.4, 0.5) is 0 Å². The highest BCUT2D eigenvalue weighted by molar-refractivity contribution is 5.77. The van der Waals surface area contributed by atoms with Crippen LogP contribution in [0.2, 0.25) is 0 Å². The summed E-state index contributed by atoms with van der Waals surface area (Å²) in [5.74, 6) is -0.522. The van der Waals surface area contributed by atoms with Crippen molar-refractivity contribution >= 4 is 11.9 Å². The Bertz CT molecular complexity index is 1050. The van der Waals surface area contributed by atoms with Crippen LogP contribution in [0.5, 0.6) is 0 Å². The third kappa shape index (κ3) is 44.2. The van der Waals surface area contributed by atoms with E-state index in [1.165, 1.54) is 135 Å². The predicted molar refractivity (Wildman–Crippen MR) is 264 cm³/mol. The molecule has 0 spiro atoms. The molecule has 3 atom stereocenters. The number of carbonyl (C=O) groups is 2. The first kappa shape index (κ1) is 58.8. The van der Waals surface area contributed by atoms with Crippen LogP contribution in [-0.4, -0.2) is 46.9 Å². The highest BCUT2D eigenvalue weighted by atomic mass is 16.5. The smallest absolute Gasteiger partial charge is 0.306 e. The van der Waals surface area contributed by atoms with Crippen molar-refractivity contribution in [3.63, 3.8) is 0 Å². The first-order valence-electron chi connectivity index (χ1n) is 26.4. The lowest BCUT2D eigenvalue weighted by atomic mass is 10.0. The van der Waals surface area contributed by atoms with Crippen molar-refractivity contribution in [3.05, 3.63) is 48.6 Å². The Morgan fingerprint density at radius 1 is 0.492 bits per heavy atom. The number of nitrogens with one attached hydrogen (secondary N) is 1. The van der Waals surface area contributed by atoms with E-state index in [0.717, 1.165) is 83.5 Å². The van der Waals surface area contributed by atoms with Gasteiger partial charge >= 0.3 is 5.97 Å². The summed E-state index contributed by atoms with van der Waals surface area (Å²) in [6.45, 7) is 6.35. The maximum absolute atomic E-state index is 13.2. The largest absolute Gasteiger partial charge is 0.462 e. The minimum absolute atomic E-state index is 0.0490. The zero-order valence-corrected chi connectivity index (χ0v) is 40.5. The number of allylic oxidation sites excluding steroid dienone is 8. The van der Waals surface area contributed by atoms with Crippen molar-refractivity contribution in [1.29, 1.82) is 0 Å². The molecule has 6 heteroatoms. The molecular weight excluding hydrogens is 755 g/mol. The van der Waals surface area contributed by atoms with Crippen LogP contribution in [0.25, 0.3) is 0 Å². The molecular formula is C55H101NO5. The number of rotatable bonds is 47. The molecule has 0 heterocycles. The fraction of sp³-hybridized carbons (Fsp3) is 0.818. The van der Waals surface area contributed by atoms with Gasteiger partial charge in [0.2, 0.25) is 5.91 Å². The number of amides is 1. The van der Waals surface area contributed by atoms with Gasteiger partial charge in [0.15, 0.2) is 0 Å². The molecule has 61 heavy (non-hydrogen) atoms. The number of carbonyl (C=O) groups excluding carboxylic acids is 2. The number of esters is 1. The Hall–Kier alpha value is -2.18. The summed E-state index contributed by atoms with van der Waals surface area (Å²) in [5, 5.41) is 23.8. The van der Waals surface area contributed by atoms with Gasteiger partial charge in [0.25, 0.3) is 0 Å². The SMILES string of the molecule is CC/C=C/C=C/C=C\CCCCCCCC(=O)OC(CCC/C=C\CCCCCCCCC)CC(=O)NC(CO)C(O)CCCCCCCCCCCCCCCCCCC. The van der Waals surface area contributed by atoms with Crippen molar-refractivity contribution in [1.82, 2.24) is 5.32 Å². The van der Waals surface area contributed by atoms with E-state index >= 15 is 0 Å². The molecule has 0 aliphatic carbocycles. The average molecular weight is 856 g/mol. The molecule has 0 rings (SSSR count). The number of aliphatic hydroxyl groups is 2. The Balaban J connectivity index is 4.53. The maximum atomic E-state index is 13.2. The second kappa shape index (κ2) is 48.8. The molecule has 0 radical (unpaired) electrons. The molecule has 3 unspecified atom stereocenters.